The summed E-state index contributed by atoms with van der Waals surface area (Å²) < 4.78 is 13.1. The number of benzene rings is 1. The molecule has 144 valence electrons. The van der Waals surface area contributed by atoms with E-state index in [4.69, 9.17) is 0 Å². The maximum atomic E-state index is 13.1. The molecule has 0 aromatic heterocycles. The molecule has 2 rings (SSSR count). The van der Waals surface area contributed by atoms with E-state index in [1.807, 2.05) is 0 Å². The van der Waals surface area contributed by atoms with Crippen molar-refractivity contribution in [2.45, 2.75) is 26.2 Å². The third-order valence-electron chi connectivity index (χ3n) is 4.70. The zero-order valence-corrected chi connectivity index (χ0v) is 15.6. The van der Waals surface area contributed by atoms with Gasteiger partial charge >= 0.3 is 0 Å². The highest BCUT2D eigenvalue weighted by molar-refractivity contribution is 5.91. The highest BCUT2D eigenvalue weighted by Gasteiger charge is 2.26. The first-order valence-electron chi connectivity index (χ1n) is 9.56. The van der Waals surface area contributed by atoms with Gasteiger partial charge in [0.2, 0.25) is 0 Å². The molecule has 0 aliphatic carbocycles. The third kappa shape index (κ3) is 7.49. The van der Waals surface area contributed by atoms with Crippen LogP contribution in [-0.4, -0.2) is 57.6 Å². The van der Waals surface area contributed by atoms with Gasteiger partial charge in [0.25, 0.3) is 11.8 Å². The Morgan fingerprint density at radius 3 is 2.31 bits per heavy atom. The summed E-state index contributed by atoms with van der Waals surface area (Å²) in [6.45, 7) is 7.26. The monoisotopic (exact) mass is 366 g/mol. The van der Waals surface area contributed by atoms with Crippen molar-refractivity contribution in [3.63, 3.8) is 0 Å². The lowest BCUT2D eigenvalue weighted by atomic mass is 10.2. The Balaban J connectivity index is 1.63. The Kier molecular flexibility index (Phi) is 8.50. The van der Waals surface area contributed by atoms with Crippen molar-refractivity contribution in [3.05, 3.63) is 30.1 Å². The van der Waals surface area contributed by atoms with Crippen LogP contribution in [0.5, 0.6) is 0 Å². The van der Waals surface area contributed by atoms with E-state index >= 15 is 0 Å². The van der Waals surface area contributed by atoms with Crippen molar-refractivity contribution in [1.82, 2.24) is 5.32 Å². The summed E-state index contributed by atoms with van der Waals surface area (Å²) in [5, 5.41) is 5.71. The van der Waals surface area contributed by atoms with Crippen LogP contribution in [0.1, 0.15) is 26.2 Å². The van der Waals surface area contributed by atoms with Gasteiger partial charge in [0, 0.05) is 12.2 Å². The summed E-state index contributed by atoms with van der Waals surface area (Å²) in [7, 11) is 0. The number of halogens is 1. The van der Waals surface area contributed by atoms with Crippen LogP contribution < -0.4 is 20.4 Å². The first kappa shape index (κ1) is 20.3. The fourth-order valence-electron chi connectivity index (χ4n) is 3.20. The van der Waals surface area contributed by atoms with Gasteiger partial charge in [-0.3, -0.25) is 9.59 Å². The van der Waals surface area contributed by atoms with Crippen LogP contribution in [0.15, 0.2) is 24.3 Å². The maximum absolute atomic E-state index is 13.1. The molecule has 2 amide bonds. The van der Waals surface area contributed by atoms with Crippen LogP contribution in [0.3, 0.4) is 0 Å². The molecular weight excluding hydrogens is 335 g/mol. The van der Waals surface area contributed by atoms with Gasteiger partial charge in [0.15, 0.2) is 13.1 Å². The molecular formula is C19H31FN4O2+2. The zero-order valence-electron chi connectivity index (χ0n) is 15.6. The van der Waals surface area contributed by atoms with Crippen LogP contribution in [-0.2, 0) is 9.59 Å². The summed E-state index contributed by atoms with van der Waals surface area (Å²) in [6, 6.07) is 5.92. The summed E-state index contributed by atoms with van der Waals surface area (Å²) in [5.74, 6) is -0.355. The van der Waals surface area contributed by atoms with Crippen molar-refractivity contribution in [3.8, 4) is 0 Å². The summed E-state index contributed by atoms with van der Waals surface area (Å²) in [6.07, 6.45) is 3.33. The minimum absolute atomic E-state index is 0.109. The van der Waals surface area contributed by atoms with Gasteiger partial charge in [-0.1, -0.05) is 25.8 Å². The molecule has 1 aliphatic rings. The molecule has 0 atom stereocenters. The number of rotatable bonds is 9. The Morgan fingerprint density at radius 2 is 1.69 bits per heavy atom. The van der Waals surface area contributed by atoms with E-state index in [9.17, 15) is 14.0 Å². The van der Waals surface area contributed by atoms with Crippen LogP contribution in [0.2, 0.25) is 0 Å². The van der Waals surface area contributed by atoms with Gasteiger partial charge in [-0.05, 0) is 24.6 Å². The van der Waals surface area contributed by atoms with Gasteiger partial charge in [0.1, 0.15) is 32.0 Å². The smallest absolute Gasteiger partial charge is 0.279 e. The maximum Gasteiger partial charge on any atom is 0.279 e. The number of piperazine rings is 1. The Morgan fingerprint density at radius 1 is 1.04 bits per heavy atom. The van der Waals surface area contributed by atoms with Gasteiger partial charge < -0.3 is 20.4 Å². The van der Waals surface area contributed by atoms with Crippen molar-refractivity contribution < 1.29 is 23.8 Å². The van der Waals surface area contributed by atoms with E-state index in [2.05, 4.69) is 17.6 Å². The molecule has 1 aromatic carbocycles. The number of hydrogen-bond donors (Lipinski definition) is 4. The predicted molar refractivity (Wildman–Crippen MR) is 98.7 cm³/mol. The second kappa shape index (κ2) is 10.9. The molecule has 1 fully saturated rings. The van der Waals surface area contributed by atoms with Gasteiger partial charge in [-0.25, -0.2) is 4.39 Å². The number of nitrogens with one attached hydrogen (secondary N) is 4. The first-order valence-corrected chi connectivity index (χ1v) is 9.56. The molecule has 1 heterocycles. The number of amides is 2. The van der Waals surface area contributed by atoms with E-state index in [-0.39, 0.29) is 17.6 Å². The van der Waals surface area contributed by atoms with Crippen molar-refractivity contribution >= 4 is 17.5 Å². The van der Waals surface area contributed by atoms with E-state index in [0.717, 1.165) is 52.0 Å². The van der Waals surface area contributed by atoms with E-state index < -0.39 is 0 Å². The Hall–Kier alpha value is -1.99. The first-order chi connectivity index (χ1) is 12.6. The highest BCUT2D eigenvalue weighted by Crippen LogP contribution is 2.08. The topological polar surface area (TPSA) is 67.1 Å². The van der Waals surface area contributed by atoms with Gasteiger partial charge in [0.05, 0.1) is 0 Å². The normalized spacial score (nSPS) is 19.8. The third-order valence-corrected chi connectivity index (χ3v) is 4.70. The second-order valence-corrected chi connectivity index (χ2v) is 6.97. The molecule has 0 spiro atoms. The fraction of sp³-hybridized carbons (Fsp3) is 0.579. The average Bonchev–Trinajstić information content (AvgIpc) is 2.60. The Bertz CT molecular complexity index is 589. The van der Waals surface area contributed by atoms with Crippen molar-refractivity contribution in [1.29, 1.82) is 0 Å². The zero-order chi connectivity index (χ0) is 18.8. The van der Waals surface area contributed by atoms with Crippen molar-refractivity contribution in [2.24, 2.45) is 0 Å². The van der Waals surface area contributed by atoms with Crippen LogP contribution >= 0.6 is 0 Å². The second-order valence-electron chi connectivity index (χ2n) is 6.97. The summed E-state index contributed by atoms with van der Waals surface area (Å²) >= 11 is 0. The van der Waals surface area contributed by atoms with Gasteiger partial charge in [-0.2, -0.15) is 0 Å². The van der Waals surface area contributed by atoms with E-state index in [1.165, 1.54) is 21.9 Å². The summed E-state index contributed by atoms with van der Waals surface area (Å²) in [4.78, 5) is 26.5. The molecule has 6 nitrogen and oxygen atoms in total. The Labute approximate surface area is 154 Å². The lowest BCUT2D eigenvalue weighted by molar-refractivity contribution is -1.00. The van der Waals surface area contributed by atoms with E-state index in [0.29, 0.717) is 18.8 Å². The fourth-order valence-corrected chi connectivity index (χ4v) is 3.20. The SMILES string of the molecule is CCCCCNC(=O)C[NH+]1CC[NH+](CC(=O)Nc2cccc(F)c2)CC1. The molecule has 1 aliphatic heterocycles. The predicted octanol–water partition coefficient (Wildman–Crippen LogP) is -1.15. The molecule has 0 saturated carbocycles. The van der Waals surface area contributed by atoms with Crippen LogP contribution in [0.25, 0.3) is 0 Å². The van der Waals surface area contributed by atoms with Crippen molar-refractivity contribution in [2.75, 3.05) is 51.1 Å². The lowest BCUT2D eigenvalue weighted by Crippen LogP contribution is -3.28. The number of anilines is 1. The van der Waals surface area contributed by atoms with E-state index in [1.54, 1.807) is 12.1 Å². The average molecular weight is 366 g/mol. The minimum atomic E-state index is -0.361. The lowest BCUT2D eigenvalue weighted by Gasteiger charge is -2.28. The quantitative estimate of drug-likeness (QED) is 0.417. The number of carbonyl (C=O) groups excluding carboxylic acids is 2. The van der Waals surface area contributed by atoms with Crippen LogP contribution in [0, 0.1) is 5.82 Å². The summed E-state index contributed by atoms with van der Waals surface area (Å²) in [5.41, 5.74) is 0.485. The largest absolute Gasteiger partial charge is 0.351 e. The minimum Gasteiger partial charge on any atom is -0.351 e. The molecule has 0 bridgehead atoms. The highest BCUT2D eigenvalue weighted by atomic mass is 19.1. The molecule has 0 radical (unpaired) electrons. The molecule has 0 unspecified atom stereocenters. The number of unbranched alkanes of at least 4 members (excludes halogenated alkanes) is 2. The van der Waals surface area contributed by atoms with Gasteiger partial charge in [-0.15, -0.1) is 0 Å². The molecule has 4 N–H and O–H groups in total. The number of quaternary nitrogens is 2. The molecule has 1 saturated heterocycles. The standard InChI is InChI=1S/C19H29FN4O2/c1-2-3-4-8-21-18(25)14-23-9-11-24(12-10-23)15-19(26)22-17-7-5-6-16(20)13-17/h5-7,13H,2-4,8-12,14-15H2,1H3,(H,21,25)(H,22,26)/p+2. The number of hydrogen-bond acceptors (Lipinski definition) is 2. The molecule has 1 aromatic rings. The molecule has 26 heavy (non-hydrogen) atoms. The molecule has 7 heteroatoms. The van der Waals surface area contributed by atoms with Crippen LogP contribution in [0.4, 0.5) is 10.1 Å². The number of carbonyl (C=O) groups is 2.